The number of allylic oxidation sites excluding steroid dienone is 1. The van der Waals surface area contributed by atoms with Crippen molar-refractivity contribution in [2.45, 2.75) is 0 Å². The molecular formula is C21H15ClN6. The molecule has 6 nitrogen and oxygen atoms in total. The molecule has 136 valence electrons. The van der Waals surface area contributed by atoms with E-state index in [1.165, 1.54) is 6.21 Å². The maximum absolute atomic E-state index is 9.76. The Labute approximate surface area is 166 Å². The number of nitrogens with zero attached hydrogens (tertiary/aromatic N) is 4. The van der Waals surface area contributed by atoms with Crippen LogP contribution < -0.4 is 5.32 Å². The van der Waals surface area contributed by atoms with Gasteiger partial charge in [0.2, 0.25) is 0 Å². The summed E-state index contributed by atoms with van der Waals surface area (Å²) in [5.41, 5.74) is 4.50. The van der Waals surface area contributed by atoms with Gasteiger partial charge in [0.25, 0.3) is 0 Å². The van der Waals surface area contributed by atoms with Crippen LogP contribution in [0, 0.1) is 16.7 Å². The van der Waals surface area contributed by atoms with Gasteiger partial charge in [-0.2, -0.15) is 5.26 Å². The predicted molar refractivity (Wildman–Crippen MR) is 111 cm³/mol. The molecule has 0 saturated heterocycles. The summed E-state index contributed by atoms with van der Waals surface area (Å²) in [6.45, 7) is 0. The first-order chi connectivity index (χ1) is 13.7. The first-order valence-electron chi connectivity index (χ1n) is 8.52. The fourth-order valence-electron chi connectivity index (χ4n) is 3.17. The molecule has 7 heteroatoms. The molecule has 4 rings (SSSR count). The highest BCUT2D eigenvalue weighted by Crippen LogP contribution is 2.32. The Morgan fingerprint density at radius 2 is 2.14 bits per heavy atom. The lowest BCUT2D eigenvalue weighted by Crippen LogP contribution is -1.98. The maximum atomic E-state index is 9.76. The van der Waals surface area contributed by atoms with Crippen LogP contribution in [0.15, 0.2) is 55.0 Å². The number of pyridine rings is 2. The number of imidazole rings is 1. The normalized spacial score (nSPS) is 11.5. The van der Waals surface area contributed by atoms with Crippen LogP contribution in [0.5, 0.6) is 0 Å². The van der Waals surface area contributed by atoms with Gasteiger partial charge in [0, 0.05) is 53.9 Å². The number of halogens is 1. The summed E-state index contributed by atoms with van der Waals surface area (Å²) in [4.78, 5) is 9.24. The van der Waals surface area contributed by atoms with Crippen molar-refractivity contribution in [3.05, 3.63) is 71.3 Å². The average Bonchev–Trinajstić information content (AvgIpc) is 3.10. The standard InChI is InChI=1S/C21H15ClN6/c1-25-11-14(9-23)13-8-16-18(26-12-13)6-7-28-19(10-24)20(27-21(16)28)15-4-2-3-5-17(15)22/h2-9,11-12,23,25H,1H3/b14-11+,23-9?. The minimum Gasteiger partial charge on any atom is -0.393 e. The smallest absolute Gasteiger partial charge is 0.152 e. The topological polar surface area (TPSA) is 89.9 Å². The van der Waals surface area contributed by atoms with Crippen molar-refractivity contribution in [1.29, 1.82) is 10.7 Å². The molecule has 3 aromatic heterocycles. The molecule has 0 atom stereocenters. The number of benzene rings is 1. The van der Waals surface area contributed by atoms with Gasteiger partial charge in [-0.3, -0.25) is 9.38 Å². The zero-order chi connectivity index (χ0) is 19.7. The second-order valence-electron chi connectivity index (χ2n) is 6.10. The van der Waals surface area contributed by atoms with Gasteiger partial charge < -0.3 is 10.7 Å². The summed E-state index contributed by atoms with van der Waals surface area (Å²) in [5.74, 6) is 0. The van der Waals surface area contributed by atoms with E-state index in [1.807, 2.05) is 30.3 Å². The fourth-order valence-corrected chi connectivity index (χ4v) is 3.40. The van der Waals surface area contributed by atoms with Crippen LogP contribution in [0.25, 0.3) is 33.4 Å². The van der Waals surface area contributed by atoms with Crippen molar-refractivity contribution < 1.29 is 0 Å². The summed E-state index contributed by atoms with van der Waals surface area (Å²) < 4.78 is 1.75. The highest BCUT2D eigenvalue weighted by molar-refractivity contribution is 6.33. The summed E-state index contributed by atoms with van der Waals surface area (Å²) in [6, 6.07) is 13.3. The van der Waals surface area contributed by atoms with Crippen LogP contribution in [-0.2, 0) is 0 Å². The Kier molecular flexibility index (Phi) is 4.52. The monoisotopic (exact) mass is 386 g/mol. The molecule has 0 saturated carbocycles. The first-order valence-corrected chi connectivity index (χ1v) is 8.90. The molecule has 0 aliphatic carbocycles. The van der Waals surface area contributed by atoms with E-state index in [-0.39, 0.29) is 0 Å². The van der Waals surface area contributed by atoms with E-state index in [9.17, 15) is 5.26 Å². The third-order valence-corrected chi connectivity index (χ3v) is 4.81. The molecule has 0 amide bonds. The van der Waals surface area contributed by atoms with E-state index in [1.54, 1.807) is 36.1 Å². The van der Waals surface area contributed by atoms with E-state index < -0.39 is 0 Å². The molecule has 0 unspecified atom stereocenters. The van der Waals surface area contributed by atoms with Crippen molar-refractivity contribution in [2.24, 2.45) is 0 Å². The number of nitrogens with one attached hydrogen (secondary N) is 2. The Hall–Kier alpha value is -3.69. The summed E-state index contributed by atoms with van der Waals surface area (Å²) in [7, 11) is 1.78. The molecular weight excluding hydrogens is 372 g/mol. The molecule has 0 radical (unpaired) electrons. The van der Waals surface area contributed by atoms with Crippen LogP contribution in [0.2, 0.25) is 5.02 Å². The van der Waals surface area contributed by atoms with E-state index in [0.29, 0.717) is 33.2 Å². The number of hydrogen-bond donors (Lipinski definition) is 2. The number of rotatable bonds is 4. The van der Waals surface area contributed by atoms with Gasteiger partial charge in [-0.25, -0.2) is 4.98 Å². The maximum Gasteiger partial charge on any atom is 0.152 e. The van der Waals surface area contributed by atoms with Crippen LogP contribution in [-0.4, -0.2) is 27.6 Å². The van der Waals surface area contributed by atoms with Crippen molar-refractivity contribution in [3.8, 4) is 17.3 Å². The molecule has 1 aromatic carbocycles. The number of aromatic nitrogens is 3. The number of nitriles is 1. The third kappa shape index (κ3) is 2.79. The molecule has 0 aliphatic rings. The van der Waals surface area contributed by atoms with Crippen LogP contribution in [0.4, 0.5) is 0 Å². The first kappa shape index (κ1) is 17.7. The van der Waals surface area contributed by atoms with Gasteiger partial charge in [-0.05, 0) is 18.2 Å². The predicted octanol–water partition coefficient (Wildman–Crippen LogP) is 4.28. The van der Waals surface area contributed by atoms with Gasteiger partial charge >= 0.3 is 0 Å². The average molecular weight is 387 g/mol. The SMILES string of the molecule is CN/C=C(\C=N)c1cnc2ccn3c(C#N)c(-c4ccccc4Cl)nc3c2c1. The van der Waals surface area contributed by atoms with Gasteiger partial charge in [0.1, 0.15) is 17.4 Å². The van der Waals surface area contributed by atoms with Crippen LogP contribution >= 0.6 is 11.6 Å². The third-order valence-electron chi connectivity index (χ3n) is 4.48. The van der Waals surface area contributed by atoms with Crippen molar-refractivity contribution in [1.82, 2.24) is 19.7 Å². The molecule has 2 N–H and O–H groups in total. The lowest BCUT2D eigenvalue weighted by atomic mass is 10.1. The van der Waals surface area contributed by atoms with Gasteiger partial charge in [0.15, 0.2) is 5.69 Å². The molecule has 3 heterocycles. The molecule has 0 fully saturated rings. The quantitative estimate of drug-likeness (QED) is 0.512. The summed E-state index contributed by atoms with van der Waals surface area (Å²) in [6.07, 6.45) is 6.51. The second kappa shape index (κ2) is 7.14. The largest absolute Gasteiger partial charge is 0.393 e. The lowest BCUT2D eigenvalue weighted by Gasteiger charge is -2.05. The van der Waals surface area contributed by atoms with Gasteiger partial charge in [-0.1, -0.05) is 29.8 Å². The minimum atomic E-state index is 0.411. The van der Waals surface area contributed by atoms with Crippen molar-refractivity contribution in [2.75, 3.05) is 7.05 Å². The van der Waals surface area contributed by atoms with Gasteiger partial charge in [0.05, 0.1) is 10.5 Å². The molecule has 4 aromatic rings. The molecule has 0 aliphatic heterocycles. The Bertz CT molecular complexity index is 1300. The number of fused-ring (bicyclic) bond motifs is 3. The summed E-state index contributed by atoms with van der Waals surface area (Å²) in [5, 5.41) is 21.7. The molecule has 0 bridgehead atoms. The van der Waals surface area contributed by atoms with Gasteiger partial charge in [-0.15, -0.1) is 0 Å². The van der Waals surface area contributed by atoms with E-state index in [4.69, 9.17) is 22.0 Å². The number of hydrogen-bond acceptors (Lipinski definition) is 5. The lowest BCUT2D eigenvalue weighted by molar-refractivity contribution is 1.11. The van der Waals surface area contributed by atoms with E-state index in [2.05, 4.69) is 16.4 Å². The van der Waals surface area contributed by atoms with Crippen molar-refractivity contribution in [3.63, 3.8) is 0 Å². The zero-order valence-electron chi connectivity index (χ0n) is 14.9. The van der Waals surface area contributed by atoms with Crippen LogP contribution in [0.1, 0.15) is 11.3 Å². The second-order valence-corrected chi connectivity index (χ2v) is 6.51. The Morgan fingerprint density at radius 3 is 2.86 bits per heavy atom. The minimum absolute atomic E-state index is 0.411. The van der Waals surface area contributed by atoms with Crippen molar-refractivity contribution >= 4 is 39.9 Å². The molecule has 28 heavy (non-hydrogen) atoms. The summed E-state index contributed by atoms with van der Waals surface area (Å²) >= 11 is 6.34. The highest BCUT2D eigenvalue weighted by atomic mass is 35.5. The van der Waals surface area contributed by atoms with E-state index in [0.717, 1.165) is 16.5 Å². The van der Waals surface area contributed by atoms with Crippen LogP contribution in [0.3, 0.4) is 0 Å². The zero-order valence-corrected chi connectivity index (χ0v) is 15.7. The Morgan fingerprint density at radius 1 is 1.32 bits per heavy atom. The highest BCUT2D eigenvalue weighted by Gasteiger charge is 2.18. The van der Waals surface area contributed by atoms with E-state index >= 15 is 0 Å². The Balaban J connectivity index is 2.05. The molecule has 0 spiro atoms. The fraction of sp³-hybridized carbons (Fsp3) is 0.0476.